The fourth-order valence-corrected chi connectivity index (χ4v) is 11.9. The van der Waals surface area contributed by atoms with E-state index in [1.54, 1.807) is 29.3 Å². The number of carbonyl (C=O) groups excluding carboxylic acids is 3. The number of phenols is 1. The molecule has 5 aromatic rings. The second-order valence-corrected chi connectivity index (χ2v) is 23.4. The number of phenolic OH excluding ortho intramolecular Hbond substituents is 1. The normalized spacial score (nSPS) is 18.8. The van der Waals surface area contributed by atoms with Gasteiger partial charge in [-0.1, -0.05) is 86.1 Å². The topological polar surface area (TPSA) is 141 Å². The summed E-state index contributed by atoms with van der Waals surface area (Å²) in [6.07, 6.45) is 24.1. The molecule has 9 rings (SSSR count). The molecule has 3 aromatic carbocycles. The number of nitrogens with one attached hydrogen (secondary N) is 1. The highest BCUT2D eigenvalue weighted by molar-refractivity contribution is 7.28. The molecule has 0 bridgehead atoms. The van der Waals surface area contributed by atoms with E-state index in [2.05, 4.69) is 90.9 Å². The van der Waals surface area contributed by atoms with Crippen LogP contribution in [0.3, 0.4) is 0 Å². The van der Waals surface area contributed by atoms with Crippen LogP contribution in [0.15, 0.2) is 48.7 Å². The van der Waals surface area contributed by atoms with E-state index < -0.39 is 17.8 Å². The number of aromatic nitrogens is 3. The van der Waals surface area contributed by atoms with Crippen LogP contribution in [0, 0.1) is 47.8 Å². The Hall–Kier alpha value is -5.86. The Balaban J connectivity index is 0.000000210. The molecule has 0 radical (unpaired) electrons. The molecule has 1 aliphatic carbocycles. The molecule has 2 N–H and O–H groups in total. The molecule has 3 atom stereocenters. The third-order valence-electron chi connectivity index (χ3n) is 15.9. The number of aromatic hydroxyl groups is 1. The molecule has 408 valence electrons. The summed E-state index contributed by atoms with van der Waals surface area (Å²) in [6, 6.07) is 12.0. The van der Waals surface area contributed by atoms with Crippen molar-refractivity contribution in [2.45, 2.75) is 165 Å². The van der Waals surface area contributed by atoms with Crippen molar-refractivity contribution < 1.29 is 28.6 Å². The molecule has 3 amide bonds. The number of unbranched alkanes of at least 4 members (excludes halogenated alkanes) is 2. The van der Waals surface area contributed by atoms with Crippen LogP contribution in [0.2, 0.25) is 0 Å². The highest BCUT2D eigenvalue weighted by Crippen LogP contribution is 2.49. The minimum atomic E-state index is -0.641. The van der Waals surface area contributed by atoms with E-state index in [1.807, 2.05) is 13.0 Å². The Morgan fingerprint density at radius 2 is 1.71 bits per heavy atom. The first-order chi connectivity index (χ1) is 36.3. The number of imide groups is 1. The van der Waals surface area contributed by atoms with Crippen molar-refractivity contribution in [3.63, 3.8) is 0 Å². The molecule has 2 aromatic heterocycles. The van der Waals surface area contributed by atoms with Gasteiger partial charge < -0.3 is 19.6 Å². The minimum Gasteiger partial charge on any atom is -0.508 e. The van der Waals surface area contributed by atoms with Crippen molar-refractivity contribution in [2.75, 3.05) is 47.5 Å². The number of terminal acetylenes is 1. The van der Waals surface area contributed by atoms with Crippen molar-refractivity contribution in [2.24, 2.45) is 22.7 Å². The van der Waals surface area contributed by atoms with Crippen LogP contribution in [0.4, 0.5) is 21.6 Å². The molecular weight excluding hydrogens is 973 g/mol. The molecule has 5 heterocycles. The van der Waals surface area contributed by atoms with Crippen LogP contribution in [-0.2, 0) is 14.4 Å². The number of halogens is 1. The average molecular weight is 1060 g/mol. The van der Waals surface area contributed by atoms with Crippen LogP contribution >= 0.6 is 9.24 Å². The summed E-state index contributed by atoms with van der Waals surface area (Å²) in [5.74, 6) is 3.40. The Morgan fingerprint density at radius 1 is 0.974 bits per heavy atom. The second-order valence-electron chi connectivity index (χ2n) is 22.9. The monoisotopic (exact) mass is 1060 g/mol. The maximum Gasteiger partial charge on any atom is 0.318 e. The Kier molecular flexibility index (Phi) is 19.4. The summed E-state index contributed by atoms with van der Waals surface area (Å²) in [5, 5.41) is 15.6. The van der Waals surface area contributed by atoms with E-state index in [4.69, 9.17) is 26.1 Å². The molecule has 14 heteroatoms. The van der Waals surface area contributed by atoms with Crippen molar-refractivity contribution in [3.8, 4) is 35.4 Å². The van der Waals surface area contributed by atoms with E-state index in [1.165, 1.54) is 76.5 Å². The molecule has 1 saturated carbocycles. The Bertz CT molecular complexity index is 2920. The summed E-state index contributed by atoms with van der Waals surface area (Å²) in [7, 11) is 2.75. The Labute approximate surface area is 454 Å². The van der Waals surface area contributed by atoms with Gasteiger partial charge in [-0.3, -0.25) is 29.6 Å². The number of ether oxygens (including phenoxy) is 1. The van der Waals surface area contributed by atoms with Gasteiger partial charge in [0, 0.05) is 78.8 Å². The zero-order valence-corrected chi connectivity index (χ0v) is 47.9. The summed E-state index contributed by atoms with van der Waals surface area (Å²) in [6.45, 7) is 23.5. The third kappa shape index (κ3) is 13.6. The van der Waals surface area contributed by atoms with Gasteiger partial charge in [0.25, 0.3) is 0 Å². The fourth-order valence-electron chi connectivity index (χ4n) is 11.5. The van der Waals surface area contributed by atoms with E-state index in [9.17, 15) is 23.9 Å². The van der Waals surface area contributed by atoms with E-state index >= 15 is 0 Å². The standard InChI is InChI=1S/C31H32FN4O2P.C27H41N3O3.C4H10/c1-4-21-24(32)9-8-19-13-20(37)14-22(25(19)21)26-28(39)27-23(15-33-26)29(36-12-6-7-18(3)16-36)35-30(34-27)38-17-31(5-2)10-11-31;1-5-7-8-14-27(13-6-2)15-17-29(18-16-27)22-9-10-23(20(3)19-22)30(21(4)31)24-11-12-25(32)28-26(24)33;1-4(2)3/h1,8-9,13-15,18,37H,5-7,10-12,16-17,39H2,2-3H3;9-10,19,24H,5-8,11-18H2,1-4H3,(H,28,32,33);4H,1-3H3. The van der Waals surface area contributed by atoms with Gasteiger partial charge in [0.2, 0.25) is 17.7 Å². The van der Waals surface area contributed by atoms with Crippen LogP contribution in [-0.4, -0.2) is 76.6 Å². The second kappa shape index (κ2) is 25.5. The number of piperidine rings is 3. The summed E-state index contributed by atoms with van der Waals surface area (Å²) in [5.41, 5.74) is 5.54. The molecule has 76 heavy (non-hydrogen) atoms. The molecule has 4 aliphatic rings. The average Bonchev–Trinajstić information content (AvgIpc) is 4.17. The lowest BCUT2D eigenvalue weighted by atomic mass is 9.71. The molecular formula is C62H83FN7O5P. The predicted octanol–water partition coefficient (Wildman–Crippen LogP) is 12.8. The van der Waals surface area contributed by atoms with Gasteiger partial charge in [-0.25, -0.2) is 4.39 Å². The lowest BCUT2D eigenvalue weighted by Crippen LogP contribution is -2.54. The number of hydrogen-bond donors (Lipinski definition) is 2. The molecule has 4 fully saturated rings. The van der Waals surface area contributed by atoms with Gasteiger partial charge in [-0.05, 0) is 136 Å². The molecule has 3 aliphatic heterocycles. The molecule has 0 spiro atoms. The van der Waals surface area contributed by atoms with Crippen molar-refractivity contribution in [3.05, 3.63) is 65.6 Å². The summed E-state index contributed by atoms with van der Waals surface area (Å²) in [4.78, 5) is 57.4. The van der Waals surface area contributed by atoms with Crippen molar-refractivity contribution >= 4 is 71.1 Å². The fraction of sp³-hybridized carbons (Fsp3) is 0.548. The number of anilines is 3. The predicted molar refractivity (Wildman–Crippen MR) is 311 cm³/mol. The van der Waals surface area contributed by atoms with Gasteiger partial charge in [0.05, 0.1) is 28.8 Å². The van der Waals surface area contributed by atoms with Crippen LogP contribution < -0.4 is 30.1 Å². The van der Waals surface area contributed by atoms with E-state index in [0.29, 0.717) is 63.2 Å². The number of hydrogen-bond acceptors (Lipinski definition) is 10. The van der Waals surface area contributed by atoms with Crippen LogP contribution in [0.5, 0.6) is 11.8 Å². The number of nitrogens with zero attached hydrogens (tertiary/aromatic N) is 6. The number of aryl methyl sites for hydroxylation is 1. The van der Waals surface area contributed by atoms with Gasteiger partial charge in [-0.2, -0.15) is 9.97 Å². The maximum absolute atomic E-state index is 14.8. The highest BCUT2D eigenvalue weighted by atomic mass is 31.0. The number of benzene rings is 3. The van der Waals surface area contributed by atoms with Gasteiger partial charge in [-0.15, -0.1) is 15.7 Å². The number of fused-ring (bicyclic) bond motifs is 2. The first kappa shape index (κ1) is 57.8. The lowest BCUT2D eigenvalue weighted by Gasteiger charge is -2.43. The number of amides is 3. The zero-order valence-electron chi connectivity index (χ0n) is 46.8. The molecule has 3 saturated heterocycles. The molecule has 3 unspecified atom stereocenters. The quantitative estimate of drug-likeness (QED) is 0.0450. The maximum atomic E-state index is 14.8. The van der Waals surface area contributed by atoms with Crippen molar-refractivity contribution in [1.82, 2.24) is 20.3 Å². The minimum absolute atomic E-state index is 0.0439. The van der Waals surface area contributed by atoms with Crippen LogP contribution in [0.1, 0.15) is 163 Å². The Morgan fingerprint density at radius 3 is 2.33 bits per heavy atom. The smallest absolute Gasteiger partial charge is 0.318 e. The van der Waals surface area contributed by atoms with Crippen molar-refractivity contribution in [1.29, 1.82) is 0 Å². The van der Waals surface area contributed by atoms with Gasteiger partial charge in [0.1, 0.15) is 23.4 Å². The SMILES string of the molecule is C#Cc1c(F)ccc2cc(O)cc(-c3ncc4c(N5CCCC(C)C5)nc(OCC5(CC)CC5)nc4c3P)c12.CC(C)C.CCCCCC1(CCC)CCN(c2ccc(N(C(C)=O)C3CCC(=O)NC3=O)c(C)c2)CC1. The summed E-state index contributed by atoms with van der Waals surface area (Å²) < 4.78 is 21.0. The van der Waals surface area contributed by atoms with Gasteiger partial charge >= 0.3 is 6.01 Å². The third-order valence-corrected chi connectivity index (χ3v) is 16.5. The van der Waals surface area contributed by atoms with E-state index in [0.717, 1.165) is 80.2 Å². The lowest BCUT2D eigenvalue weighted by molar-refractivity contribution is -0.135. The largest absolute Gasteiger partial charge is 0.508 e. The summed E-state index contributed by atoms with van der Waals surface area (Å²) >= 11 is 0. The number of carbonyl (C=O) groups is 3. The molecule has 12 nitrogen and oxygen atoms in total. The zero-order chi connectivity index (χ0) is 54.9. The van der Waals surface area contributed by atoms with Gasteiger partial charge in [0.15, 0.2) is 0 Å². The first-order valence-electron chi connectivity index (χ1n) is 28.1. The van der Waals surface area contributed by atoms with E-state index in [-0.39, 0.29) is 35.0 Å². The highest BCUT2D eigenvalue weighted by Gasteiger charge is 2.42. The number of pyridine rings is 1. The van der Waals surface area contributed by atoms with Crippen LogP contribution in [0.25, 0.3) is 32.9 Å². The number of rotatable bonds is 15. The first-order valence-corrected chi connectivity index (χ1v) is 28.7.